The lowest BCUT2D eigenvalue weighted by Crippen LogP contribution is -2.22. The van der Waals surface area contributed by atoms with E-state index >= 15 is 0 Å². The Bertz CT molecular complexity index is 386. The van der Waals surface area contributed by atoms with E-state index in [0.717, 1.165) is 19.3 Å². The van der Waals surface area contributed by atoms with Crippen LogP contribution in [-0.2, 0) is 4.79 Å². The van der Waals surface area contributed by atoms with Gasteiger partial charge in [0.25, 0.3) is 0 Å². The van der Waals surface area contributed by atoms with Gasteiger partial charge in [-0.25, -0.2) is 0 Å². The fraction of sp³-hybridized carbons (Fsp3) is 0.462. The minimum absolute atomic E-state index is 0.0468. The van der Waals surface area contributed by atoms with Gasteiger partial charge in [0.15, 0.2) is 5.78 Å². The third kappa shape index (κ3) is 2.54. The molecule has 3 nitrogen and oxygen atoms in total. The highest BCUT2D eigenvalue weighted by atomic mass is 16.1. The van der Waals surface area contributed by atoms with Crippen molar-refractivity contribution in [3.05, 3.63) is 30.1 Å². The van der Waals surface area contributed by atoms with Gasteiger partial charge in [0, 0.05) is 36.7 Å². The topological polar surface area (TPSA) is 47.0 Å². The molecular weight excluding hydrogens is 202 g/mol. The fourth-order valence-electron chi connectivity index (χ4n) is 2.15. The summed E-state index contributed by atoms with van der Waals surface area (Å²) in [4.78, 5) is 27.3. The van der Waals surface area contributed by atoms with Crippen molar-refractivity contribution < 1.29 is 9.59 Å². The van der Waals surface area contributed by atoms with E-state index in [-0.39, 0.29) is 17.5 Å². The molecule has 16 heavy (non-hydrogen) atoms. The van der Waals surface area contributed by atoms with Crippen LogP contribution in [0.4, 0.5) is 0 Å². The minimum atomic E-state index is -0.0468. The monoisotopic (exact) mass is 217 g/mol. The lowest BCUT2D eigenvalue weighted by molar-refractivity contribution is -0.124. The van der Waals surface area contributed by atoms with Crippen LogP contribution in [0.3, 0.4) is 0 Å². The average Bonchev–Trinajstić information content (AvgIpc) is 2.33. The Morgan fingerprint density at radius 1 is 1.31 bits per heavy atom. The van der Waals surface area contributed by atoms with Crippen LogP contribution in [0.5, 0.6) is 0 Å². The molecule has 0 amide bonds. The molecule has 0 spiro atoms. The van der Waals surface area contributed by atoms with Crippen molar-refractivity contribution in [2.45, 2.75) is 32.1 Å². The molecule has 1 aromatic heterocycles. The van der Waals surface area contributed by atoms with E-state index in [1.165, 1.54) is 0 Å². The van der Waals surface area contributed by atoms with Crippen molar-refractivity contribution >= 4 is 11.6 Å². The molecule has 0 saturated heterocycles. The number of nitrogens with zero attached hydrogens (tertiary/aromatic N) is 1. The van der Waals surface area contributed by atoms with Gasteiger partial charge < -0.3 is 0 Å². The van der Waals surface area contributed by atoms with Crippen LogP contribution in [0.2, 0.25) is 0 Å². The Balaban J connectivity index is 1.99. The van der Waals surface area contributed by atoms with E-state index in [4.69, 9.17) is 0 Å². The number of carbonyl (C=O) groups excluding carboxylic acids is 2. The van der Waals surface area contributed by atoms with E-state index in [1.54, 1.807) is 24.5 Å². The SMILES string of the molecule is O=C(CC1CCCCC1=O)c1ccncc1. The van der Waals surface area contributed by atoms with Crippen molar-refractivity contribution in [2.24, 2.45) is 5.92 Å². The fourth-order valence-corrected chi connectivity index (χ4v) is 2.15. The summed E-state index contributed by atoms with van der Waals surface area (Å²) in [6, 6.07) is 3.41. The summed E-state index contributed by atoms with van der Waals surface area (Å²) < 4.78 is 0. The highest BCUT2D eigenvalue weighted by molar-refractivity contribution is 5.98. The standard InChI is InChI=1S/C13H15NO2/c15-12-4-2-1-3-11(12)9-13(16)10-5-7-14-8-6-10/h5-8,11H,1-4,9H2. The van der Waals surface area contributed by atoms with Crippen LogP contribution < -0.4 is 0 Å². The van der Waals surface area contributed by atoms with Gasteiger partial charge in [0.05, 0.1) is 0 Å². The summed E-state index contributed by atoms with van der Waals surface area (Å²) in [6.45, 7) is 0. The maximum atomic E-state index is 11.9. The maximum absolute atomic E-state index is 11.9. The summed E-state index contributed by atoms with van der Waals surface area (Å²) >= 11 is 0. The Kier molecular flexibility index (Phi) is 3.44. The Morgan fingerprint density at radius 3 is 2.75 bits per heavy atom. The van der Waals surface area contributed by atoms with Crippen molar-refractivity contribution in [2.75, 3.05) is 0 Å². The van der Waals surface area contributed by atoms with Crippen molar-refractivity contribution in [3.63, 3.8) is 0 Å². The molecule has 1 heterocycles. The summed E-state index contributed by atoms with van der Waals surface area (Å²) in [7, 11) is 0. The number of hydrogen-bond acceptors (Lipinski definition) is 3. The molecule has 0 N–H and O–H groups in total. The van der Waals surface area contributed by atoms with E-state index in [2.05, 4.69) is 4.98 Å². The molecule has 1 saturated carbocycles. The number of pyridine rings is 1. The molecule has 1 unspecified atom stereocenters. The van der Waals surface area contributed by atoms with E-state index in [9.17, 15) is 9.59 Å². The molecule has 1 aliphatic rings. The van der Waals surface area contributed by atoms with Crippen LogP contribution >= 0.6 is 0 Å². The largest absolute Gasteiger partial charge is 0.299 e. The molecular formula is C13H15NO2. The summed E-state index contributed by atoms with van der Waals surface area (Å²) in [6.07, 6.45) is 7.15. The molecule has 1 aromatic rings. The lowest BCUT2D eigenvalue weighted by atomic mass is 9.84. The van der Waals surface area contributed by atoms with Gasteiger partial charge in [-0.15, -0.1) is 0 Å². The Hall–Kier alpha value is -1.51. The zero-order valence-corrected chi connectivity index (χ0v) is 9.19. The molecule has 0 aromatic carbocycles. The zero-order valence-electron chi connectivity index (χ0n) is 9.19. The third-order valence-electron chi connectivity index (χ3n) is 3.12. The molecule has 1 aliphatic carbocycles. The lowest BCUT2D eigenvalue weighted by Gasteiger charge is -2.19. The van der Waals surface area contributed by atoms with Crippen LogP contribution in [0, 0.1) is 5.92 Å². The van der Waals surface area contributed by atoms with Crippen LogP contribution in [0.25, 0.3) is 0 Å². The van der Waals surface area contributed by atoms with Crippen LogP contribution in [0.1, 0.15) is 42.5 Å². The average molecular weight is 217 g/mol. The number of ketones is 2. The number of rotatable bonds is 3. The van der Waals surface area contributed by atoms with Crippen molar-refractivity contribution in [3.8, 4) is 0 Å². The Morgan fingerprint density at radius 2 is 2.06 bits per heavy atom. The molecule has 2 rings (SSSR count). The highest BCUT2D eigenvalue weighted by Crippen LogP contribution is 2.24. The predicted molar refractivity (Wildman–Crippen MR) is 60.1 cm³/mol. The molecule has 0 radical (unpaired) electrons. The first-order valence-electron chi connectivity index (χ1n) is 5.73. The van der Waals surface area contributed by atoms with E-state index in [0.29, 0.717) is 18.4 Å². The van der Waals surface area contributed by atoms with Crippen molar-refractivity contribution in [1.82, 2.24) is 4.98 Å². The molecule has 1 atom stereocenters. The quantitative estimate of drug-likeness (QED) is 0.730. The second-order valence-corrected chi connectivity index (χ2v) is 4.27. The first kappa shape index (κ1) is 11.0. The molecule has 3 heteroatoms. The van der Waals surface area contributed by atoms with Gasteiger partial charge in [-0.2, -0.15) is 0 Å². The van der Waals surface area contributed by atoms with Gasteiger partial charge in [-0.1, -0.05) is 6.42 Å². The van der Waals surface area contributed by atoms with Gasteiger partial charge in [0.2, 0.25) is 0 Å². The zero-order chi connectivity index (χ0) is 11.4. The number of hydrogen-bond donors (Lipinski definition) is 0. The van der Waals surface area contributed by atoms with Gasteiger partial charge in [-0.3, -0.25) is 14.6 Å². The molecule has 84 valence electrons. The second-order valence-electron chi connectivity index (χ2n) is 4.27. The van der Waals surface area contributed by atoms with Gasteiger partial charge >= 0.3 is 0 Å². The normalized spacial score (nSPS) is 20.8. The summed E-state index contributed by atoms with van der Waals surface area (Å²) in [5.74, 6) is 0.269. The van der Waals surface area contributed by atoms with Gasteiger partial charge in [0.1, 0.15) is 5.78 Å². The number of Topliss-reactive ketones (excluding diaryl/α,β-unsaturated/α-hetero) is 2. The maximum Gasteiger partial charge on any atom is 0.163 e. The minimum Gasteiger partial charge on any atom is -0.299 e. The highest BCUT2D eigenvalue weighted by Gasteiger charge is 2.24. The number of aromatic nitrogens is 1. The first-order valence-corrected chi connectivity index (χ1v) is 5.73. The Labute approximate surface area is 94.9 Å². The van der Waals surface area contributed by atoms with E-state index < -0.39 is 0 Å². The van der Waals surface area contributed by atoms with E-state index in [1.807, 2.05) is 0 Å². The second kappa shape index (κ2) is 5.01. The molecule has 0 aliphatic heterocycles. The summed E-state index contributed by atoms with van der Waals surface area (Å²) in [5.41, 5.74) is 0.661. The number of carbonyl (C=O) groups is 2. The first-order chi connectivity index (χ1) is 7.77. The smallest absolute Gasteiger partial charge is 0.163 e. The van der Waals surface area contributed by atoms with Gasteiger partial charge in [-0.05, 0) is 25.0 Å². The third-order valence-corrected chi connectivity index (χ3v) is 3.12. The summed E-state index contributed by atoms with van der Waals surface area (Å²) in [5, 5.41) is 0. The molecule has 1 fully saturated rings. The van der Waals surface area contributed by atoms with Crippen molar-refractivity contribution in [1.29, 1.82) is 0 Å². The van der Waals surface area contributed by atoms with Crippen LogP contribution in [-0.4, -0.2) is 16.6 Å². The predicted octanol–water partition coefficient (Wildman–Crippen LogP) is 2.41. The van der Waals surface area contributed by atoms with Crippen LogP contribution in [0.15, 0.2) is 24.5 Å². The molecule has 0 bridgehead atoms.